The Morgan fingerprint density at radius 2 is 1.78 bits per heavy atom. The number of hydrogen-bond acceptors (Lipinski definition) is 3. The van der Waals surface area contributed by atoms with E-state index < -0.39 is 26.6 Å². The quantitative estimate of drug-likeness (QED) is 0.890. The summed E-state index contributed by atoms with van der Waals surface area (Å²) in [5.41, 5.74) is 0. The van der Waals surface area contributed by atoms with Crippen LogP contribution in [0.1, 0.15) is 0 Å². The number of nitrogens with zero attached hydrogens (tertiary/aromatic N) is 1. The first-order chi connectivity index (χ1) is 7.91. The SMILES string of the molecule is CNCCN(C)S(=O)(=O)c1c(F)cccc1F.Cl. The average molecular weight is 301 g/mol. The minimum absolute atomic E-state index is 0. The lowest BCUT2D eigenvalue weighted by Gasteiger charge is -2.17. The van der Waals surface area contributed by atoms with Gasteiger partial charge in [-0.15, -0.1) is 12.4 Å². The second kappa shape index (κ2) is 6.98. The molecule has 0 unspecified atom stereocenters. The van der Waals surface area contributed by atoms with Gasteiger partial charge in [-0.3, -0.25) is 0 Å². The summed E-state index contributed by atoms with van der Waals surface area (Å²) < 4.78 is 51.4. The zero-order valence-corrected chi connectivity index (χ0v) is 11.6. The van der Waals surface area contributed by atoms with Gasteiger partial charge in [0, 0.05) is 20.1 Å². The van der Waals surface area contributed by atoms with Gasteiger partial charge >= 0.3 is 0 Å². The maximum Gasteiger partial charge on any atom is 0.248 e. The lowest BCUT2D eigenvalue weighted by molar-refractivity contribution is 0.448. The molecule has 1 aromatic rings. The third-order valence-electron chi connectivity index (χ3n) is 2.26. The minimum atomic E-state index is -4.13. The number of halogens is 3. The van der Waals surface area contributed by atoms with Gasteiger partial charge in [0.1, 0.15) is 11.6 Å². The van der Waals surface area contributed by atoms with E-state index in [0.717, 1.165) is 22.5 Å². The van der Waals surface area contributed by atoms with Crippen molar-refractivity contribution in [3.05, 3.63) is 29.8 Å². The Balaban J connectivity index is 0.00000289. The second-order valence-corrected chi connectivity index (χ2v) is 5.46. The molecule has 1 aromatic carbocycles. The molecule has 18 heavy (non-hydrogen) atoms. The van der Waals surface area contributed by atoms with Gasteiger partial charge < -0.3 is 5.32 Å². The molecule has 0 fully saturated rings. The third kappa shape index (κ3) is 3.61. The fourth-order valence-electron chi connectivity index (χ4n) is 1.27. The van der Waals surface area contributed by atoms with E-state index in [4.69, 9.17) is 0 Å². The summed E-state index contributed by atoms with van der Waals surface area (Å²) in [7, 11) is -1.20. The molecular formula is C10H15ClF2N2O2S. The molecule has 0 aliphatic heterocycles. The number of hydrogen-bond donors (Lipinski definition) is 1. The summed E-state index contributed by atoms with van der Waals surface area (Å²) in [5, 5.41) is 2.76. The Labute approximate surface area is 111 Å². The highest BCUT2D eigenvalue weighted by Gasteiger charge is 2.27. The zero-order chi connectivity index (χ0) is 13.1. The Morgan fingerprint density at radius 1 is 1.28 bits per heavy atom. The van der Waals surface area contributed by atoms with Crippen LogP contribution < -0.4 is 5.32 Å². The van der Waals surface area contributed by atoms with Gasteiger partial charge in [-0.25, -0.2) is 17.2 Å². The maximum atomic E-state index is 13.4. The summed E-state index contributed by atoms with van der Waals surface area (Å²) in [6.07, 6.45) is 0. The molecular weight excluding hydrogens is 286 g/mol. The molecule has 0 aliphatic carbocycles. The molecule has 0 aromatic heterocycles. The van der Waals surface area contributed by atoms with Crippen LogP contribution in [0.15, 0.2) is 23.1 Å². The highest BCUT2D eigenvalue weighted by molar-refractivity contribution is 7.89. The summed E-state index contributed by atoms with van der Waals surface area (Å²) >= 11 is 0. The molecule has 0 spiro atoms. The summed E-state index contributed by atoms with van der Waals surface area (Å²) in [4.78, 5) is -0.904. The molecule has 1 N–H and O–H groups in total. The normalized spacial score (nSPS) is 11.4. The van der Waals surface area contributed by atoms with E-state index in [2.05, 4.69) is 5.32 Å². The molecule has 4 nitrogen and oxygen atoms in total. The second-order valence-electron chi connectivity index (χ2n) is 3.48. The Bertz CT molecular complexity index is 476. The van der Waals surface area contributed by atoms with Crippen molar-refractivity contribution in [1.82, 2.24) is 9.62 Å². The highest BCUT2D eigenvalue weighted by Crippen LogP contribution is 2.21. The van der Waals surface area contributed by atoms with E-state index in [0.29, 0.717) is 6.54 Å². The van der Waals surface area contributed by atoms with Gasteiger partial charge in [0.15, 0.2) is 4.90 Å². The lowest BCUT2D eigenvalue weighted by atomic mass is 10.3. The molecule has 8 heteroatoms. The molecule has 0 bridgehead atoms. The summed E-state index contributed by atoms with van der Waals surface area (Å²) in [6, 6.07) is 2.96. The number of rotatable bonds is 5. The van der Waals surface area contributed by atoms with E-state index in [1.807, 2.05) is 0 Å². The topological polar surface area (TPSA) is 49.4 Å². The molecule has 0 heterocycles. The van der Waals surface area contributed by atoms with Crippen molar-refractivity contribution >= 4 is 22.4 Å². The van der Waals surface area contributed by atoms with E-state index in [9.17, 15) is 17.2 Å². The van der Waals surface area contributed by atoms with E-state index in [-0.39, 0.29) is 19.0 Å². The largest absolute Gasteiger partial charge is 0.318 e. The first-order valence-electron chi connectivity index (χ1n) is 4.96. The smallest absolute Gasteiger partial charge is 0.248 e. The van der Waals surface area contributed by atoms with Crippen LogP contribution in [0.4, 0.5) is 8.78 Å². The molecule has 0 atom stereocenters. The third-order valence-corrected chi connectivity index (χ3v) is 4.17. The lowest BCUT2D eigenvalue weighted by Crippen LogP contribution is -2.33. The van der Waals surface area contributed by atoms with Crippen LogP contribution in [0.5, 0.6) is 0 Å². The van der Waals surface area contributed by atoms with Crippen molar-refractivity contribution in [3.63, 3.8) is 0 Å². The van der Waals surface area contributed by atoms with Crippen molar-refractivity contribution < 1.29 is 17.2 Å². The molecule has 1 rings (SSSR count). The molecule has 104 valence electrons. The molecule has 0 amide bonds. The number of likely N-dealkylation sites (N-methyl/N-ethyl adjacent to an activating group) is 2. The molecule has 0 saturated heterocycles. The molecule has 0 aliphatic rings. The van der Waals surface area contributed by atoms with Crippen LogP contribution in [0, 0.1) is 11.6 Å². The van der Waals surface area contributed by atoms with Crippen LogP contribution in [-0.4, -0.2) is 39.9 Å². The average Bonchev–Trinajstić information content (AvgIpc) is 2.25. The minimum Gasteiger partial charge on any atom is -0.318 e. The van der Waals surface area contributed by atoms with E-state index >= 15 is 0 Å². The molecule has 0 saturated carbocycles. The van der Waals surface area contributed by atoms with Crippen LogP contribution in [0.25, 0.3) is 0 Å². The van der Waals surface area contributed by atoms with Crippen LogP contribution in [0.3, 0.4) is 0 Å². The predicted molar refractivity (Wildman–Crippen MR) is 67.3 cm³/mol. The van der Waals surface area contributed by atoms with Crippen LogP contribution in [0.2, 0.25) is 0 Å². The predicted octanol–water partition coefficient (Wildman–Crippen LogP) is 1.23. The van der Waals surface area contributed by atoms with Crippen molar-refractivity contribution in [2.45, 2.75) is 4.90 Å². The van der Waals surface area contributed by atoms with Crippen LogP contribution >= 0.6 is 12.4 Å². The summed E-state index contributed by atoms with van der Waals surface area (Å²) in [6.45, 7) is 0.526. The monoisotopic (exact) mass is 300 g/mol. The maximum absolute atomic E-state index is 13.4. The Hall–Kier alpha value is -0.760. The van der Waals surface area contributed by atoms with Gasteiger partial charge in [-0.1, -0.05) is 6.07 Å². The Morgan fingerprint density at radius 3 is 2.22 bits per heavy atom. The summed E-state index contributed by atoms with van der Waals surface area (Å²) in [5.74, 6) is -2.16. The number of benzene rings is 1. The van der Waals surface area contributed by atoms with Crippen molar-refractivity contribution in [1.29, 1.82) is 0 Å². The number of nitrogens with one attached hydrogen (secondary N) is 1. The van der Waals surface area contributed by atoms with Gasteiger partial charge in [-0.2, -0.15) is 4.31 Å². The number of sulfonamides is 1. The first-order valence-corrected chi connectivity index (χ1v) is 6.40. The van der Waals surface area contributed by atoms with Gasteiger partial charge in [0.05, 0.1) is 0 Å². The standard InChI is InChI=1S/C10H14F2N2O2S.ClH/c1-13-6-7-14(2)17(15,16)10-8(11)4-3-5-9(10)12;/h3-5,13H,6-7H2,1-2H3;1H. The molecule has 0 radical (unpaired) electrons. The fourth-order valence-corrected chi connectivity index (χ4v) is 2.55. The highest BCUT2D eigenvalue weighted by atomic mass is 35.5. The first kappa shape index (κ1) is 17.2. The van der Waals surface area contributed by atoms with Crippen LogP contribution in [-0.2, 0) is 10.0 Å². The zero-order valence-electron chi connectivity index (χ0n) is 9.98. The fraction of sp³-hybridized carbons (Fsp3) is 0.400. The van der Waals surface area contributed by atoms with Crippen molar-refractivity contribution in [2.75, 3.05) is 27.2 Å². The van der Waals surface area contributed by atoms with Gasteiger partial charge in [0.25, 0.3) is 0 Å². The van der Waals surface area contributed by atoms with E-state index in [1.165, 1.54) is 7.05 Å². The van der Waals surface area contributed by atoms with Crippen molar-refractivity contribution in [2.24, 2.45) is 0 Å². The van der Waals surface area contributed by atoms with Gasteiger partial charge in [0.2, 0.25) is 10.0 Å². The van der Waals surface area contributed by atoms with E-state index in [1.54, 1.807) is 7.05 Å². The Kier molecular flexibility index (Phi) is 6.69. The van der Waals surface area contributed by atoms with Crippen molar-refractivity contribution in [3.8, 4) is 0 Å². The van der Waals surface area contributed by atoms with Gasteiger partial charge in [-0.05, 0) is 19.2 Å².